The van der Waals surface area contributed by atoms with Crippen LogP contribution in [0.15, 0.2) is 47.4 Å². The van der Waals surface area contributed by atoms with Crippen molar-refractivity contribution in [3.05, 3.63) is 59.7 Å². The van der Waals surface area contributed by atoms with E-state index < -0.39 is 21.7 Å². The average molecular weight is 299 g/mol. The summed E-state index contributed by atoms with van der Waals surface area (Å²) in [6.07, 6.45) is 0. The number of rotatable bonds is 4. The minimum atomic E-state index is -3.93. The molecule has 0 saturated carbocycles. The lowest BCUT2D eigenvalue weighted by Gasteiger charge is -2.08. The Morgan fingerprint density at radius 2 is 1.75 bits per heavy atom. The SMILES string of the molecule is O=S(=O)(NCc1ccc(F)c(F)c1)c1ccccc1O. The molecular formula is C13H11F2NO3S. The van der Waals surface area contributed by atoms with Crippen LogP contribution in [0.2, 0.25) is 0 Å². The molecule has 0 aliphatic heterocycles. The molecule has 0 spiro atoms. The molecule has 4 nitrogen and oxygen atoms in total. The van der Waals surface area contributed by atoms with Crippen molar-refractivity contribution in [3.63, 3.8) is 0 Å². The molecule has 0 bridgehead atoms. The largest absolute Gasteiger partial charge is 0.507 e. The van der Waals surface area contributed by atoms with Gasteiger partial charge in [-0.25, -0.2) is 21.9 Å². The third-order valence-corrected chi connectivity index (χ3v) is 4.05. The zero-order valence-corrected chi connectivity index (χ0v) is 11.0. The first-order valence-electron chi connectivity index (χ1n) is 5.62. The first-order valence-corrected chi connectivity index (χ1v) is 7.10. The van der Waals surface area contributed by atoms with Gasteiger partial charge in [-0.15, -0.1) is 0 Å². The molecule has 0 saturated heterocycles. The van der Waals surface area contributed by atoms with Gasteiger partial charge in [0.05, 0.1) is 0 Å². The fourth-order valence-electron chi connectivity index (χ4n) is 1.59. The lowest BCUT2D eigenvalue weighted by molar-refractivity contribution is 0.458. The van der Waals surface area contributed by atoms with E-state index in [1.165, 1.54) is 30.3 Å². The quantitative estimate of drug-likeness (QED) is 0.909. The third-order valence-electron chi connectivity index (χ3n) is 2.61. The van der Waals surface area contributed by atoms with E-state index in [1.807, 2.05) is 0 Å². The smallest absolute Gasteiger partial charge is 0.244 e. The second-order valence-electron chi connectivity index (χ2n) is 4.04. The average Bonchev–Trinajstić information content (AvgIpc) is 2.40. The molecule has 0 unspecified atom stereocenters. The number of aromatic hydroxyl groups is 1. The lowest BCUT2D eigenvalue weighted by atomic mass is 10.2. The maximum absolute atomic E-state index is 13.0. The highest BCUT2D eigenvalue weighted by molar-refractivity contribution is 7.89. The molecule has 106 valence electrons. The molecule has 0 radical (unpaired) electrons. The van der Waals surface area contributed by atoms with Gasteiger partial charge >= 0.3 is 0 Å². The predicted octanol–water partition coefficient (Wildman–Crippen LogP) is 2.15. The van der Waals surface area contributed by atoms with Gasteiger partial charge in [-0.3, -0.25) is 0 Å². The first kappa shape index (κ1) is 14.4. The number of hydrogen-bond donors (Lipinski definition) is 2. The van der Waals surface area contributed by atoms with Crippen LogP contribution in [0.5, 0.6) is 5.75 Å². The van der Waals surface area contributed by atoms with E-state index in [0.29, 0.717) is 0 Å². The molecule has 2 aromatic rings. The number of phenols is 1. The maximum Gasteiger partial charge on any atom is 0.244 e. The molecule has 0 fully saturated rings. The summed E-state index contributed by atoms with van der Waals surface area (Å²) in [7, 11) is -3.93. The van der Waals surface area contributed by atoms with E-state index in [2.05, 4.69) is 4.72 Å². The molecular weight excluding hydrogens is 288 g/mol. The number of para-hydroxylation sites is 1. The van der Waals surface area contributed by atoms with Crippen LogP contribution in [0.3, 0.4) is 0 Å². The summed E-state index contributed by atoms with van der Waals surface area (Å²) < 4.78 is 51.8. The molecule has 2 rings (SSSR count). The van der Waals surface area contributed by atoms with Crippen LogP contribution >= 0.6 is 0 Å². The van der Waals surface area contributed by atoms with E-state index in [9.17, 15) is 22.3 Å². The van der Waals surface area contributed by atoms with E-state index in [4.69, 9.17) is 0 Å². The molecule has 0 atom stereocenters. The van der Waals surface area contributed by atoms with Crippen LogP contribution in [0, 0.1) is 11.6 Å². The summed E-state index contributed by atoms with van der Waals surface area (Å²) in [6, 6.07) is 8.53. The number of hydrogen-bond acceptors (Lipinski definition) is 3. The molecule has 0 amide bonds. The van der Waals surface area contributed by atoms with Crippen molar-refractivity contribution in [3.8, 4) is 5.75 Å². The third kappa shape index (κ3) is 3.12. The molecule has 0 aromatic heterocycles. The van der Waals surface area contributed by atoms with Gasteiger partial charge in [-0.2, -0.15) is 0 Å². The zero-order chi connectivity index (χ0) is 14.8. The number of nitrogens with one attached hydrogen (secondary N) is 1. The van der Waals surface area contributed by atoms with Crippen LogP contribution in [0.25, 0.3) is 0 Å². The van der Waals surface area contributed by atoms with Crippen molar-refractivity contribution >= 4 is 10.0 Å². The van der Waals surface area contributed by atoms with Gasteiger partial charge in [-0.1, -0.05) is 18.2 Å². The van der Waals surface area contributed by atoms with E-state index in [-0.39, 0.29) is 22.8 Å². The predicted molar refractivity (Wildman–Crippen MR) is 68.5 cm³/mol. The van der Waals surface area contributed by atoms with Crippen molar-refractivity contribution in [2.24, 2.45) is 0 Å². The van der Waals surface area contributed by atoms with Gasteiger partial charge in [0.2, 0.25) is 10.0 Å². The summed E-state index contributed by atoms with van der Waals surface area (Å²) in [5.41, 5.74) is 0.267. The molecule has 7 heteroatoms. The van der Waals surface area contributed by atoms with Crippen molar-refractivity contribution in [2.45, 2.75) is 11.4 Å². The monoisotopic (exact) mass is 299 g/mol. The van der Waals surface area contributed by atoms with Crippen LogP contribution < -0.4 is 4.72 Å². The van der Waals surface area contributed by atoms with Gasteiger partial charge in [-0.05, 0) is 29.8 Å². The Hall–Kier alpha value is -1.99. The van der Waals surface area contributed by atoms with Crippen LogP contribution in [0.1, 0.15) is 5.56 Å². The Kier molecular flexibility index (Phi) is 4.01. The van der Waals surface area contributed by atoms with Gasteiger partial charge < -0.3 is 5.11 Å². The van der Waals surface area contributed by atoms with E-state index >= 15 is 0 Å². The van der Waals surface area contributed by atoms with Gasteiger partial charge in [0.1, 0.15) is 10.6 Å². The Balaban J connectivity index is 2.17. The molecule has 20 heavy (non-hydrogen) atoms. The number of benzene rings is 2. The van der Waals surface area contributed by atoms with Gasteiger partial charge in [0.25, 0.3) is 0 Å². The van der Waals surface area contributed by atoms with Crippen LogP contribution in [-0.4, -0.2) is 13.5 Å². The van der Waals surface area contributed by atoms with Crippen molar-refractivity contribution in [1.82, 2.24) is 4.72 Å². The highest BCUT2D eigenvalue weighted by atomic mass is 32.2. The fraction of sp³-hybridized carbons (Fsp3) is 0.0769. The fourth-order valence-corrected chi connectivity index (χ4v) is 2.70. The molecule has 0 aliphatic rings. The Labute approximate surface area is 114 Å². The minimum Gasteiger partial charge on any atom is -0.507 e. The second-order valence-corrected chi connectivity index (χ2v) is 5.78. The van der Waals surface area contributed by atoms with Gasteiger partial charge in [0, 0.05) is 6.54 Å². The molecule has 2 aromatic carbocycles. The normalized spacial score (nSPS) is 11.5. The lowest BCUT2D eigenvalue weighted by Crippen LogP contribution is -2.23. The Morgan fingerprint density at radius 3 is 2.40 bits per heavy atom. The highest BCUT2D eigenvalue weighted by Gasteiger charge is 2.17. The van der Waals surface area contributed by atoms with E-state index in [0.717, 1.165) is 12.1 Å². The van der Waals surface area contributed by atoms with Crippen molar-refractivity contribution < 1.29 is 22.3 Å². The number of sulfonamides is 1. The summed E-state index contributed by atoms with van der Waals surface area (Å²) in [6.45, 7) is -0.214. The Bertz CT molecular complexity index is 732. The van der Waals surface area contributed by atoms with Crippen LogP contribution in [-0.2, 0) is 16.6 Å². The summed E-state index contributed by atoms with van der Waals surface area (Å²) in [4.78, 5) is -0.275. The zero-order valence-electron chi connectivity index (χ0n) is 10.2. The van der Waals surface area contributed by atoms with Crippen LogP contribution in [0.4, 0.5) is 8.78 Å². The minimum absolute atomic E-state index is 0.214. The number of halogens is 2. The molecule has 0 aliphatic carbocycles. The van der Waals surface area contributed by atoms with Gasteiger partial charge in [0.15, 0.2) is 11.6 Å². The highest BCUT2D eigenvalue weighted by Crippen LogP contribution is 2.21. The first-order chi connectivity index (χ1) is 9.40. The Morgan fingerprint density at radius 1 is 1.05 bits per heavy atom. The molecule has 0 heterocycles. The van der Waals surface area contributed by atoms with Crippen molar-refractivity contribution in [2.75, 3.05) is 0 Å². The topological polar surface area (TPSA) is 66.4 Å². The van der Waals surface area contributed by atoms with E-state index in [1.54, 1.807) is 0 Å². The second kappa shape index (κ2) is 5.56. The summed E-state index contributed by atoms with van der Waals surface area (Å²) in [5.74, 6) is -2.44. The van der Waals surface area contributed by atoms with Crippen molar-refractivity contribution in [1.29, 1.82) is 0 Å². The summed E-state index contributed by atoms with van der Waals surface area (Å²) >= 11 is 0. The standard InChI is InChI=1S/C13H11F2NO3S/c14-10-6-5-9(7-11(10)15)8-16-20(18,19)13-4-2-1-3-12(13)17/h1-7,16-17H,8H2. The number of phenolic OH excluding ortho intramolecular Hbond substituents is 1. The molecule has 2 N–H and O–H groups in total. The summed E-state index contributed by atoms with van der Waals surface area (Å²) in [5, 5.41) is 9.50. The maximum atomic E-state index is 13.0.